The van der Waals surface area contributed by atoms with Gasteiger partial charge in [0.2, 0.25) is 0 Å². The molecule has 0 aliphatic carbocycles. The second-order valence-electron chi connectivity index (χ2n) is 2.72. The van der Waals surface area contributed by atoms with Gasteiger partial charge < -0.3 is 10.7 Å². The van der Waals surface area contributed by atoms with E-state index in [1.165, 1.54) is 6.92 Å². The summed E-state index contributed by atoms with van der Waals surface area (Å²) in [6, 6.07) is 0. The number of nitrogen functional groups attached to an aromatic ring is 1. The van der Waals surface area contributed by atoms with Gasteiger partial charge in [-0.25, -0.2) is 0 Å². The number of rotatable bonds is 1. The first-order valence-electron chi connectivity index (χ1n) is 3.49. The third-order valence-corrected chi connectivity index (χ3v) is 1.88. The largest absolute Gasteiger partial charge is 0.385 e. The number of nitrogens with two attached hydrogens (primary N) is 1. The summed E-state index contributed by atoms with van der Waals surface area (Å²) in [6.45, 7) is 5.31. The van der Waals surface area contributed by atoms with E-state index < -0.39 is 0 Å². The zero-order valence-electron chi connectivity index (χ0n) is 6.99. The van der Waals surface area contributed by atoms with Crippen LogP contribution in [0.3, 0.4) is 0 Å². The van der Waals surface area contributed by atoms with Gasteiger partial charge in [-0.1, -0.05) is 0 Å². The van der Waals surface area contributed by atoms with Crippen LogP contribution in [0.1, 0.15) is 28.5 Å². The average molecular weight is 152 g/mol. The molecule has 0 amide bonds. The minimum absolute atomic E-state index is 0.0179. The SMILES string of the molecule is CC(=O)c1c(N)[nH]c(C)c1C. The van der Waals surface area contributed by atoms with E-state index in [1.54, 1.807) is 0 Å². The lowest BCUT2D eigenvalue weighted by Gasteiger charge is -1.93. The van der Waals surface area contributed by atoms with Crippen LogP contribution in [0.5, 0.6) is 0 Å². The lowest BCUT2D eigenvalue weighted by molar-refractivity contribution is 0.101. The smallest absolute Gasteiger partial charge is 0.163 e. The number of H-pyrrole nitrogens is 1. The summed E-state index contributed by atoms with van der Waals surface area (Å²) in [5, 5.41) is 0. The molecule has 0 saturated heterocycles. The molecule has 3 N–H and O–H groups in total. The van der Waals surface area contributed by atoms with Gasteiger partial charge in [0.25, 0.3) is 0 Å². The zero-order valence-corrected chi connectivity index (χ0v) is 6.99. The molecule has 0 atom stereocenters. The summed E-state index contributed by atoms with van der Waals surface area (Å²) >= 11 is 0. The molecule has 1 aromatic rings. The molecule has 3 nitrogen and oxygen atoms in total. The summed E-state index contributed by atoms with van der Waals surface area (Å²) in [7, 11) is 0. The maximum atomic E-state index is 11.0. The summed E-state index contributed by atoms with van der Waals surface area (Å²) in [6.07, 6.45) is 0. The van der Waals surface area contributed by atoms with Crippen LogP contribution < -0.4 is 5.73 Å². The monoisotopic (exact) mass is 152 g/mol. The molecule has 0 spiro atoms. The Morgan fingerprint density at radius 3 is 2.18 bits per heavy atom. The van der Waals surface area contributed by atoms with Crippen molar-refractivity contribution in [2.24, 2.45) is 0 Å². The number of aromatic nitrogens is 1. The van der Waals surface area contributed by atoms with Crippen LogP contribution in [-0.2, 0) is 0 Å². The minimum Gasteiger partial charge on any atom is -0.385 e. The van der Waals surface area contributed by atoms with Crippen molar-refractivity contribution in [3.05, 3.63) is 16.8 Å². The molecule has 0 aromatic carbocycles. The van der Waals surface area contributed by atoms with Gasteiger partial charge in [-0.05, 0) is 26.3 Å². The fraction of sp³-hybridized carbons (Fsp3) is 0.375. The van der Waals surface area contributed by atoms with Crippen LogP contribution in [0.4, 0.5) is 5.82 Å². The second kappa shape index (κ2) is 2.42. The standard InChI is InChI=1S/C8H12N2O/c1-4-5(2)10-8(9)7(4)6(3)11/h10H,9H2,1-3H3. The number of carbonyl (C=O) groups is 1. The van der Waals surface area contributed by atoms with E-state index in [4.69, 9.17) is 5.73 Å². The fourth-order valence-electron chi connectivity index (χ4n) is 1.20. The number of nitrogens with one attached hydrogen (secondary N) is 1. The number of hydrogen-bond donors (Lipinski definition) is 2. The highest BCUT2D eigenvalue weighted by molar-refractivity contribution is 6.00. The van der Waals surface area contributed by atoms with Crippen molar-refractivity contribution in [1.29, 1.82) is 0 Å². The molecule has 3 heteroatoms. The van der Waals surface area contributed by atoms with E-state index in [9.17, 15) is 4.79 Å². The predicted molar refractivity (Wildman–Crippen MR) is 44.7 cm³/mol. The normalized spacial score (nSPS) is 10.1. The van der Waals surface area contributed by atoms with Crippen LogP contribution >= 0.6 is 0 Å². The highest BCUT2D eigenvalue weighted by Gasteiger charge is 2.12. The van der Waals surface area contributed by atoms with Crippen molar-refractivity contribution < 1.29 is 4.79 Å². The van der Waals surface area contributed by atoms with Crippen molar-refractivity contribution in [2.45, 2.75) is 20.8 Å². The third kappa shape index (κ3) is 1.13. The predicted octanol–water partition coefficient (Wildman–Crippen LogP) is 1.42. The first kappa shape index (κ1) is 7.85. The topological polar surface area (TPSA) is 58.9 Å². The molecule has 0 radical (unpaired) electrons. The van der Waals surface area contributed by atoms with Gasteiger partial charge >= 0.3 is 0 Å². The van der Waals surface area contributed by atoms with Crippen molar-refractivity contribution >= 4 is 11.6 Å². The Labute approximate surface area is 65.6 Å². The van der Waals surface area contributed by atoms with Crippen molar-refractivity contribution in [3.8, 4) is 0 Å². The Kier molecular flexibility index (Phi) is 1.72. The molecule has 0 saturated carbocycles. The Morgan fingerprint density at radius 1 is 1.45 bits per heavy atom. The van der Waals surface area contributed by atoms with Gasteiger partial charge in [-0.2, -0.15) is 0 Å². The van der Waals surface area contributed by atoms with Gasteiger partial charge in [-0.15, -0.1) is 0 Å². The second-order valence-corrected chi connectivity index (χ2v) is 2.72. The van der Waals surface area contributed by atoms with Crippen molar-refractivity contribution in [1.82, 2.24) is 4.98 Å². The molecule has 1 rings (SSSR count). The molecule has 1 aromatic heterocycles. The number of anilines is 1. The van der Waals surface area contributed by atoms with E-state index in [2.05, 4.69) is 4.98 Å². The number of Topliss-reactive ketones (excluding diaryl/α,β-unsaturated/α-hetero) is 1. The third-order valence-electron chi connectivity index (χ3n) is 1.88. The molecule has 11 heavy (non-hydrogen) atoms. The van der Waals surface area contributed by atoms with Crippen LogP contribution in [-0.4, -0.2) is 10.8 Å². The van der Waals surface area contributed by atoms with E-state index in [1.807, 2.05) is 13.8 Å². The number of carbonyl (C=O) groups excluding carboxylic acids is 1. The van der Waals surface area contributed by atoms with Gasteiger partial charge in [0.05, 0.1) is 5.56 Å². The van der Waals surface area contributed by atoms with E-state index >= 15 is 0 Å². The van der Waals surface area contributed by atoms with Crippen molar-refractivity contribution in [3.63, 3.8) is 0 Å². The van der Waals surface area contributed by atoms with Crippen LogP contribution in [0.15, 0.2) is 0 Å². The summed E-state index contributed by atoms with van der Waals surface area (Å²) < 4.78 is 0. The molecule has 0 fully saturated rings. The molecule has 0 bridgehead atoms. The Morgan fingerprint density at radius 2 is 2.00 bits per heavy atom. The molecular formula is C8H12N2O. The fourth-order valence-corrected chi connectivity index (χ4v) is 1.20. The van der Waals surface area contributed by atoms with E-state index in [-0.39, 0.29) is 5.78 Å². The van der Waals surface area contributed by atoms with Gasteiger partial charge in [0.15, 0.2) is 5.78 Å². The Hall–Kier alpha value is -1.25. The molecule has 0 unspecified atom stereocenters. The number of ketones is 1. The summed E-state index contributed by atoms with van der Waals surface area (Å²) in [5.41, 5.74) is 8.11. The van der Waals surface area contributed by atoms with Crippen molar-refractivity contribution in [2.75, 3.05) is 5.73 Å². The van der Waals surface area contributed by atoms with Crippen LogP contribution in [0.25, 0.3) is 0 Å². The van der Waals surface area contributed by atoms with E-state index in [0.29, 0.717) is 11.4 Å². The Balaban J connectivity index is 3.34. The summed E-state index contributed by atoms with van der Waals surface area (Å²) in [4.78, 5) is 13.9. The highest BCUT2D eigenvalue weighted by Crippen LogP contribution is 2.19. The number of hydrogen-bond acceptors (Lipinski definition) is 2. The van der Waals surface area contributed by atoms with E-state index in [0.717, 1.165) is 11.3 Å². The first-order valence-corrected chi connectivity index (χ1v) is 3.49. The molecule has 0 aliphatic heterocycles. The number of aryl methyl sites for hydroxylation is 1. The average Bonchev–Trinajstić information content (AvgIpc) is 2.07. The lowest BCUT2D eigenvalue weighted by Crippen LogP contribution is -1.97. The lowest BCUT2D eigenvalue weighted by atomic mass is 10.1. The number of aromatic amines is 1. The zero-order chi connectivity index (χ0) is 8.59. The maximum absolute atomic E-state index is 11.0. The highest BCUT2D eigenvalue weighted by atomic mass is 16.1. The summed E-state index contributed by atoms with van der Waals surface area (Å²) in [5.74, 6) is 0.497. The molecular weight excluding hydrogens is 140 g/mol. The quantitative estimate of drug-likeness (QED) is 0.598. The van der Waals surface area contributed by atoms with Gasteiger partial charge in [0.1, 0.15) is 5.82 Å². The molecule has 1 heterocycles. The van der Waals surface area contributed by atoms with Gasteiger partial charge in [0, 0.05) is 5.69 Å². The molecule has 0 aliphatic rings. The first-order chi connectivity index (χ1) is 5.04. The minimum atomic E-state index is 0.0179. The maximum Gasteiger partial charge on any atom is 0.163 e. The van der Waals surface area contributed by atoms with Crippen LogP contribution in [0.2, 0.25) is 0 Å². The Bertz CT molecular complexity index is 299. The molecule has 60 valence electrons. The van der Waals surface area contributed by atoms with Crippen LogP contribution in [0, 0.1) is 13.8 Å². The van der Waals surface area contributed by atoms with Gasteiger partial charge in [-0.3, -0.25) is 4.79 Å².